The highest BCUT2D eigenvalue weighted by Gasteiger charge is 2.33. The minimum absolute atomic E-state index is 0.119. The van der Waals surface area contributed by atoms with Gasteiger partial charge in [0.2, 0.25) is 0 Å². The molecule has 0 aromatic carbocycles. The summed E-state index contributed by atoms with van der Waals surface area (Å²) in [5.41, 5.74) is 3.70. The molecular weight excluding hydrogens is 268 g/mol. The fraction of sp³-hybridized carbons (Fsp3) is 0.733. The molecule has 1 atom stereocenters. The third-order valence-corrected chi connectivity index (χ3v) is 4.97. The van der Waals surface area contributed by atoms with Gasteiger partial charge in [-0.1, -0.05) is 6.42 Å². The minimum atomic E-state index is -0.320. The largest absolute Gasteiger partial charge is 0.366 e. The molecule has 6 heteroatoms. The number of amides is 1. The maximum atomic E-state index is 12.6. The first-order chi connectivity index (χ1) is 10.3. The number of hydrogen-bond acceptors (Lipinski definition) is 4. The molecule has 2 fully saturated rings. The van der Waals surface area contributed by atoms with Gasteiger partial charge >= 0.3 is 0 Å². The maximum absolute atomic E-state index is 12.6. The summed E-state index contributed by atoms with van der Waals surface area (Å²) in [7, 11) is 0. The second-order valence-electron chi connectivity index (χ2n) is 6.27. The highest BCUT2D eigenvalue weighted by atomic mass is 16.5. The number of hydrogen-bond donors (Lipinski definition) is 2. The zero-order valence-corrected chi connectivity index (χ0v) is 12.2. The molecule has 1 unspecified atom stereocenters. The van der Waals surface area contributed by atoms with Crippen molar-refractivity contribution in [3.8, 4) is 0 Å². The maximum Gasteiger partial charge on any atom is 0.253 e. The highest BCUT2D eigenvalue weighted by Crippen LogP contribution is 2.38. The number of carbonyl (C=O) groups is 1. The van der Waals surface area contributed by atoms with E-state index >= 15 is 0 Å². The van der Waals surface area contributed by atoms with E-state index in [2.05, 4.69) is 15.5 Å². The van der Waals surface area contributed by atoms with Crippen LogP contribution in [0.25, 0.3) is 0 Å². The smallest absolute Gasteiger partial charge is 0.253 e. The van der Waals surface area contributed by atoms with Crippen LogP contribution in [0.15, 0.2) is 0 Å². The quantitative estimate of drug-likeness (QED) is 0.834. The van der Waals surface area contributed by atoms with Gasteiger partial charge in [0.1, 0.15) is 6.10 Å². The first kappa shape index (κ1) is 13.3. The summed E-state index contributed by atoms with van der Waals surface area (Å²) in [5, 5.41) is 10.9. The van der Waals surface area contributed by atoms with Crippen molar-refractivity contribution in [2.45, 2.75) is 44.2 Å². The molecular formula is C15H22N4O2. The Morgan fingerprint density at radius 3 is 3.00 bits per heavy atom. The standard InChI is InChI=1S/C15H22N4O2/c20-15(13-8-16-5-7-21-13)19-6-4-12-11(9-19)14(18-17-12)10-2-1-3-10/h10,13,16H,1-9H2,(H,17,18). The van der Waals surface area contributed by atoms with Crippen LogP contribution >= 0.6 is 0 Å². The Balaban J connectivity index is 1.50. The number of rotatable bonds is 2. The van der Waals surface area contributed by atoms with Gasteiger partial charge in [0.05, 0.1) is 12.3 Å². The number of ether oxygens (including phenoxy) is 1. The van der Waals surface area contributed by atoms with Crippen LogP contribution in [0.4, 0.5) is 0 Å². The van der Waals surface area contributed by atoms with E-state index in [1.54, 1.807) is 0 Å². The molecule has 2 N–H and O–H groups in total. The number of nitrogens with one attached hydrogen (secondary N) is 2. The van der Waals surface area contributed by atoms with Crippen LogP contribution in [-0.4, -0.2) is 53.3 Å². The monoisotopic (exact) mass is 290 g/mol. The predicted octanol–water partition coefficient (Wildman–Crippen LogP) is 0.550. The summed E-state index contributed by atoms with van der Waals surface area (Å²) in [5.74, 6) is 0.723. The van der Waals surface area contributed by atoms with E-state index < -0.39 is 0 Å². The van der Waals surface area contributed by atoms with Crippen LogP contribution < -0.4 is 5.32 Å². The van der Waals surface area contributed by atoms with E-state index in [9.17, 15) is 4.79 Å². The Hall–Kier alpha value is -1.40. The lowest BCUT2D eigenvalue weighted by atomic mass is 9.81. The average molecular weight is 290 g/mol. The number of nitrogens with zero attached hydrogens (tertiary/aromatic N) is 2. The fourth-order valence-electron chi connectivity index (χ4n) is 3.45. The molecule has 6 nitrogen and oxygen atoms in total. The second kappa shape index (κ2) is 5.42. The molecule has 21 heavy (non-hydrogen) atoms. The lowest BCUT2D eigenvalue weighted by Gasteiger charge is -2.33. The summed E-state index contributed by atoms with van der Waals surface area (Å²) in [6, 6.07) is 0. The lowest BCUT2D eigenvalue weighted by Crippen LogP contribution is -2.50. The molecule has 0 radical (unpaired) electrons. The third kappa shape index (κ3) is 2.36. The van der Waals surface area contributed by atoms with E-state index in [0.29, 0.717) is 25.6 Å². The molecule has 2 aliphatic heterocycles. The Labute approximate surface area is 124 Å². The Morgan fingerprint density at radius 1 is 1.38 bits per heavy atom. The average Bonchev–Trinajstić information content (AvgIpc) is 2.89. The molecule has 0 bridgehead atoms. The topological polar surface area (TPSA) is 70.2 Å². The van der Waals surface area contributed by atoms with Gasteiger partial charge in [-0.05, 0) is 12.8 Å². The normalized spacial score (nSPS) is 26.3. The van der Waals surface area contributed by atoms with Gasteiger partial charge in [0, 0.05) is 49.8 Å². The van der Waals surface area contributed by atoms with Crippen LogP contribution in [0, 0.1) is 0 Å². The summed E-state index contributed by atoms with van der Waals surface area (Å²) >= 11 is 0. The van der Waals surface area contributed by atoms with Crippen LogP contribution in [0.5, 0.6) is 0 Å². The summed E-state index contributed by atoms with van der Waals surface area (Å²) < 4.78 is 5.60. The second-order valence-corrected chi connectivity index (χ2v) is 6.27. The molecule has 1 saturated carbocycles. The number of carbonyl (C=O) groups excluding carboxylic acids is 1. The molecule has 1 aromatic heterocycles. The van der Waals surface area contributed by atoms with Crippen molar-refractivity contribution in [1.82, 2.24) is 20.4 Å². The van der Waals surface area contributed by atoms with Gasteiger partial charge in [-0.2, -0.15) is 5.10 Å². The molecule has 3 aliphatic rings. The first-order valence-electron chi connectivity index (χ1n) is 8.00. The number of morpholine rings is 1. The van der Waals surface area contributed by atoms with Crippen molar-refractivity contribution in [1.29, 1.82) is 0 Å². The van der Waals surface area contributed by atoms with Gasteiger partial charge in [-0.15, -0.1) is 0 Å². The number of H-pyrrole nitrogens is 1. The van der Waals surface area contributed by atoms with Gasteiger partial charge in [-0.3, -0.25) is 9.89 Å². The van der Waals surface area contributed by atoms with E-state index in [1.165, 1.54) is 36.2 Å². The molecule has 1 aliphatic carbocycles. The van der Waals surface area contributed by atoms with E-state index in [4.69, 9.17) is 4.74 Å². The van der Waals surface area contributed by atoms with Crippen LogP contribution in [0.2, 0.25) is 0 Å². The Bertz CT molecular complexity index is 532. The van der Waals surface area contributed by atoms with Crippen molar-refractivity contribution in [2.75, 3.05) is 26.2 Å². The molecule has 3 heterocycles. The fourth-order valence-corrected chi connectivity index (χ4v) is 3.45. The summed E-state index contributed by atoms with van der Waals surface area (Å²) in [6.07, 6.45) is 4.33. The van der Waals surface area contributed by atoms with Crippen LogP contribution in [-0.2, 0) is 22.5 Å². The molecule has 114 valence electrons. The van der Waals surface area contributed by atoms with Crippen molar-refractivity contribution in [3.63, 3.8) is 0 Å². The van der Waals surface area contributed by atoms with Crippen LogP contribution in [0.1, 0.15) is 42.1 Å². The molecule has 1 amide bonds. The van der Waals surface area contributed by atoms with Gasteiger partial charge in [0.15, 0.2) is 0 Å². The van der Waals surface area contributed by atoms with Crippen LogP contribution in [0.3, 0.4) is 0 Å². The van der Waals surface area contributed by atoms with Crippen molar-refractivity contribution < 1.29 is 9.53 Å². The summed E-state index contributed by atoms with van der Waals surface area (Å²) in [6.45, 7) is 3.54. The molecule has 1 saturated heterocycles. The van der Waals surface area contributed by atoms with Gasteiger partial charge in [0.25, 0.3) is 5.91 Å². The van der Waals surface area contributed by atoms with E-state index in [-0.39, 0.29) is 12.0 Å². The van der Waals surface area contributed by atoms with Crippen molar-refractivity contribution >= 4 is 5.91 Å². The van der Waals surface area contributed by atoms with Gasteiger partial charge in [-0.25, -0.2) is 0 Å². The molecule has 0 spiro atoms. The zero-order chi connectivity index (χ0) is 14.2. The number of aromatic amines is 1. The minimum Gasteiger partial charge on any atom is -0.366 e. The number of aromatic nitrogens is 2. The Morgan fingerprint density at radius 2 is 2.29 bits per heavy atom. The third-order valence-electron chi connectivity index (χ3n) is 4.97. The zero-order valence-electron chi connectivity index (χ0n) is 12.2. The molecule has 4 rings (SSSR count). The van der Waals surface area contributed by atoms with Gasteiger partial charge < -0.3 is 15.0 Å². The van der Waals surface area contributed by atoms with E-state index in [0.717, 1.165) is 19.5 Å². The molecule has 1 aromatic rings. The number of fused-ring (bicyclic) bond motifs is 1. The Kier molecular flexibility index (Phi) is 3.43. The highest BCUT2D eigenvalue weighted by molar-refractivity contribution is 5.81. The SMILES string of the molecule is O=C(C1CNCCO1)N1CCc2[nH]nc(C3CCC3)c2C1. The predicted molar refractivity (Wildman–Crippen MR) is 76.9 cm³/mol. The van der Waals surface area contributed by atoms with E-state index in [1.807, 2.05) is 4.90 Å². The first-order valence-corrected chi connectivity index (χ1v) is 8.00. The summed E-state index contributed by atoms with van der Waals surface area (Å²) in [4.78, 5) is 14.5. The van der Waals surface area contributed by atoms with Crippen molar-refractivity contribution in [3.05, 3.63) is 17.0 Å². The van der Waals surface area contributed by atoms with Crippen molar-refractivity contribution in [2.24, 2.45) is 0 Å². The lowest BCUT2D eigenvalue weighted by molar-refractivity contribution is -0.146.